The van der Waals surface area contributed by atoms with Gasteiger partial charge in [0.05, 0.1) is 4.75 Å². The Labute approximate surface area is 54.9 Å². The molecule has 4 nitrogen and oxygen atoms in total. The van der Waals surface area contributed by atoms with Gasteiger partial charge in [0.15, 0.2) is 0 Å². The smallest absolute Gasteiger partial charge is 0.238 e. The van der Waals surface area contributed by atoms with Crippen molar-refractivity contribution < 1.29 is 13.6 Å². The van der Waals surface area contributed by atoms with Crippen molar-refractivity contribution in [3.8, 4) is 0 Å². The van der Waals surface area contributed by atoms with Crippen LogP contribution in [0.15, 0.2) is 0 Å². The van der Waals surface area contributed by atoms with E-state index in [9.17, 15) is 8.42 Å². The van der Waals surface area contributed by atoms with E-state index in [0.717, 1.165) is 0 Å². The van der Waals surface area contributed by atoms with Crippen molar-refractivity contribution in [3.05, 3.63) is 0 Å². The molecule has 0 amide bonds. The second-order valence-electron chi connectivity index (χ2n) is 2.71. The van der Waals surface area contributed by atoms with Crippen molar-refractivity contribution in [3.63, 3.8) is 0 Å². The lowest BCUT2D eigenvalue weighted by molar-refractivity contribution is 0.238. The van der Waals surface area contributed by atoms with Crippen LogP contribution in [0.2, 0.25) is 0 Å². The van der Waals surface area contributed by atoms with Crippen LogP contribution in [0.5, 0.6) is 0 Å². The summed E-state index contributed by atoms with van der Waals surface area (Å²) in [6.45, 7) is 4.47. The summed E-state index contributed by atoms with van der Waals surface area (Å²) in [7, 11) is -3.53. The van der Waals surface area contributed by atoms with Crippen LogP contribution in [0.1, 0.15) is 20.8 Å². The Kier molecular flexibility index (Phi) is 2.21. The molecule has 2 N–H and O–H groups in total. The fourth-order valence-electron chi connectivity index (χ4n) is 0.137. The van der Waals surface area contributed by atoms with Gasteiger partial charge < -0.3 is 5.21 Å². The molecule has 0 bridgehead atoms. The number of hydrogen-bond acceptors (Lipinski definition) is 3. The molecule has 0 radical (unpaired) electrons. The predicted octanol–water partition coefficient (Wildman–Crippen LogP) is 0.0935. The third kappa shape index (κ3) is 1.92. The summed E-state index contributed by atoms with van der Waals surface area (Å²) >= 11 is 0. The highest BCUT2D eigenvalue weighted by Crippen LogP contribution is 2.11. The fourth-order valence-corrected chi connectivity index (χ4v) is 0.411. The van der Waals surface area contributed by atoms with Gasteiger partial charge in [0, 0.05) is 0 Å². The van der Waals surface area contributed by atoms with Crippen LogP contribution in [0.25, 0.3) is 0 Å². The summed E-state index contributed by atoms with van der Waals surface area (Å²) in [5, 5.41) is 8.09. The molecule has 5 heteroatoms. The van der Waals surface area contributed by atoms with E-state index in [1.165, 1.54) is 25.7 Å². The lowest BCUT2D eigenvalue weighted by Gasteiger charge is -2.16. The van der Waals surface area contributed by atoms with Gasteiger partial charge in [-0.2, -0.15) is 0 Å². The fraction of sp³-hybridized carbons (Fsp3) is 1.00. The summed E-state index contributed by atoms with van der Waals surface area (Å²) < 4.78 is 20.4. The van der Waals surface area contributed by atoms with Crippen molar-refractivity contribution in [1.29, 1.82) is 0 Å². The van der Waals surface area contributed by atoms with E-state index in [1.54, 1.807) is 0 Å². The zero-order valence-electron chi connectivity index (χ0n) is 5.67. The first-order valence-electron chi connectivity index (χ1n) is 2.47. The second kappa shape index (κ2) is 2.24. The first-order chi connectivity index (χ1) is 3.81. The maximum absolute atomic E-state index is 10.7. The molecular weight excluding hydrogens is 142 g/mol. The average molecular weight is 153 g/mol. The third-order valence-electron chi connectivity index (χ3n) is 0.926. The molecule has 0 heterocycles. The van der Waals surface area contributed by atoms with Crippen LogP contribution in [-0.4, -0.2) is 18.4 Å². The van der Waals surface area contributed by atoms with E-state index in [-0.39, 0.29) is 0 Å². The minimum atomic E-state index is -3.53. The molecule has 56 valence electrons. The van der Waals surface area contributed by atoms with Crippen molar-refractivity contribution in [2.45, 2.75) is 25.5 Å². The van der Waals surface area contributed by atoms with Crippen LogP contribution in [0.3, 0.4) is 0 Å². The summed E-state index contributed by atoms with van der Waals surface area (Å²) in [6.07, 6.45) is 0. The van der Waals surface area contributed by atoms with Crippen LogP contribution in [-0.2, 0) is 10.0 Å². The molecule has 0 aliphatic carbocycles. The second-order valence-corrected chi connectivity index (χ2v) is 5.12. The van der Waals surface area contributed by atoms with Gasteiger partial charge in [-0.25, -0.2) is 8.42 Å². The van der Waals surface area contributed by atoms with Crippen molar-refractivity contribution in [2.75, 3.05) is 0 Å². The van der Waals surface area contributed by atoms with Gasteiger partial charge in [0.25, 0.3) is 0 Å². The lowest BCUT2D eigenvalue weighted by atomic mass is 10.3. The van der Waals surface area contributed by atoms with E-state index in [1.807, 2.05) is 0 Å². The summed E-state index contributed by atoms with van der Waals surface area (Å²) in [6, 6.07) is 0. The normalized spacial score (nSPS) is 13.8. The molecule has 0 saturated heterocycles. The minimum absolute atomic E-state index is 0.943. The van der Waals surface area contributed by atoms with Gasteiger partial charge in [0.1, 0.15) is 0 Å². The van der Waals surface area contributed by atoms with Crippen molar-refractivity contribution in [2.24, 2.45) is 0 Å². The first kappa shape index (κ1) is 8.87. The number of sulfonamides is 1. The van der Waals surface area contributed by atoms with Gasteiger partial charge >= 0.3 is 0 Å². The molecule has 9 heavy (non-hydrogen) atoms. The van der Waals surface area contributed by atoms with Gasteiger partial charge in [-0.05, 0) is 20.8 Å². The summed E-state index contributed by atoms with van der Waals surface area (Å²) in [5.41, 5.74) is 0. The molecule has 0 saturated carbocycles. The van der Waals surface area contributed by atoms with Crippen LogP contribution >= 0.6 is 0 Å². The Balaban J connectivity index is 4.57. The molecule has 0 fully saturated rings. The Morgan fingerprint density at radius 3 is 1.67 bits per heavy atom. The molecule has 0 unspecified atom stereocenters. The maximum Gasteiger partial charge on any atom is 0.238 e. The quantitative estimate of drug-likeness (QED) is 0.525. The van der Waals surface area contributed by atoms with Gasteiger partial charge in [-0.15, -0.1) is 0 Å². The Bertz CT molecular complexity index is 176. The highest BCUT2D eigenvalue weighted by Gasteiger charge is 2.27. The zero-order valence-corrected chi connectivity index (χ0v) is 6.49. The average Bonchev–Trinajstić information content (AvgIpc) is 1.64. The summed E-state index contributed by atoms with van der Waals surface area (Å²) in [5.74, 6) is 0. The Morgan fingerprint density at radius 1 is 1.33 bits per heavy atom. The number of hydrogen-bond donors (Lipinski definition) is 2. The van der Waals surface area contributed by atoms with Crippen molar-refractivity contribution in [1.82, 2.24) is 4.89 Å². The molecule has 0 aliphatic rings. The zero-order chi connectivity index (χ0) is 7.71. The van der Waals surface area contributed by atoms with Crippen LogP contribution < -0.4 is 4.89 Å². The van der Waals surface area contributed by atoms with Crippen molar-refractivity contribution >= 4 is 10.0 Å². The summed E-state index contributed by atoms with van der Waals surface area (Å²) in [4.78, 5) is 1.25. The van der Waals surface area contributed by atoms with E-state index in [2.05, 4.69) is 0 Å². The lowest BCUT2D eigenvalue weighted by Crippen LogP contribution is -2.37. The Morgan fingerprint density at radius 2 is 1.67 bits per heavy atom. The molecule has 0 aromatic rings. The van der Waals surface area contributed by atoms with Crippen LogP contribution in [0.4, 0.5) is 0 Å². The monoisotopic (exact) mass is 153 g/mol. The Hall–Kier alpha value is -0.130. The number of nitrogens with one attached hydrogen (secondary N) is 1. The molecule has 0 rings (SSSR count). The first-order valence-corrected chi connectivity index (χ1v) is 3.95. The molecule has 0 atom stereocenters. The molecule has 0 spiro atoms. The van der Waals surface area contributed by atoms with E-state index < -0.39 is 14.8 Å². The van der Waals surface area contributed by atoms with Gasteiger partial charge in [-0.1, -0.05) is 4.89 Å². The van der Waals surface area contributed by atoms with Gasteiger partial charge in [0.2, 0.25) is 10.0 Å². The highest BCUT2D eigenvalue weighted by molar-refractivity contribution is 7.90. The largest absolute Gasteiger partial charge is 0.302 e. The number of rotatable bonds is 1. The molecular formula is C4H11NO3S. The predicted molar refractivity (Wildman–Crippen MR) is 33.6 cm³/mol. The highest BCUT2D eigenvalue weighted by atomic mass is 32.2. The van der Waals surface area contributed by atoms with Gasteiger partial charge in [-0.3, -0.25) is 0 Å². The maximum atomic E-state index is 10.7. The standard InChI is InChI=1S/C4H11NO3S/c1-4(2,3)9(7,8)5-6/h5-6H,1-3H3. The van der Waals surface area contributed by atoms with E-state index >= 15 is 0 Å². The van der Waals surface area contributed by atoms with E-state index in [0.29, 0.717) is 0 Å². The molecule has 0 aromatic heterocycles. The topological polar surface area (TPSA) is 66.4 Å². The SMILES string of the molecule is CC(C)(C)S(=O)(=O)NO. The third-order valence-corrected chi connectivity index (χ3v) is 2.78. The minimum Gasteiger partial charge on any atom is -0.302 e. The van der Waals surface area contributed by atoms with Crippen LogP contribution in [0, 0.1) is 0 Å². The molecule has 0 aliphatic heterocycles. The van der Waals surface area contributed by atoms with E-state index in [4.69, 9.17) is 5.21 Å². The molecule has 0 aromatic carbocycles.